The van der Waals surface area contributed by atoms with E-state index in [2.05, 4.69) is 15.6 Å². The maximum atomic E-state index is 13.8. The summed E-state index contributed by atoms with van der Waals surface area (Å²) < 4.78 is 5.40. The summed E-state index contributed by atoms with van der Waals surface area (Å²) in [5, 5.41) is 7.52. The van der Waals surface area contributed by atoms with Crippen LogP contribution in [0.3, 0.4) is 0 Å². The third kappa shape index (κ3) is 7.00. The Morgan fingerprint density at radius 2 is 1.68 bits per heavy atom. The Bertz CT molecular complexity index is 1510. The molecule has 4 N–H and O–H groups in total. The van der Waals surface area contributed by atoms with Crippen LogP contribution >= 0.6 is 0 Å². The topological polar surface area (TPSA) is 127 Å². The monoisotopic (exact) mass is 551 g/mol. The summed E-state index contributed by atoms with van der Waals surface area (Å²) >= 11 is 0. The van der Waals surface area contributed by atoms with Crippen LogP contribution in [-0.2, 0) is 33.9 Å². The molecule has 3 aromatic carbocycles. The van der Waals surface area contributed by atoms with Gasteiger partial charge in [-0.3, -0.25) is 9.59 Å². The van der Waals surface area contributed by atoms with Gasteiger partial charge in [0.25, 0.3) is 0 Å². The standard InChI is InChI=1S/C32H33N5O4/c33-29-26-18-24(13-14-25(26)15-16-34-29)20-35-30(38)28-12-7-17-37(28)31(39)27(19-22-8-3-1-4-9-22)36-32(40)41-21-23-10-5-2-6-11-23/h1-6,8-11,13-16,18,27-28H,7,12,17,19-21H2,(H2,33,34)(H,35,38)(H,36,40)/t27-,28+/m1/s1. The third-order valence-corrected chi connectivity index (χ3v) is 7.25. The Kier molecular flexibility index (Phi) is 8.73. The van der Waals surface area contributed by atoms with Gasteiger partial charge in [0.15, 0.2) is 0 Å². The predicted molar refractivity (Wildman–Crippen MR) is 156 cm³/mol. The molecule has 1 fully saturated rings. The number of aromatic nitrogens is 1. The van der Waals surface area contributed by atoms with Crippen LogP contribution in [-0.4, -0.2) is 46.4 Å². The molecule has 0 saturated carbocycles. The minimum absolute atomic E-state index is 0.0875. The number of alkyl carbamates (subject to hydrolysis) is 1. The normalized spacial score (nSPS) is 15.3. The largest absolute Gasteiger partial charge is 0.445 e. The molecule has 1 aliphatic heterocycles. The van der Waals surface area contributed by atoms with Gasteiger partial charge in [-0.2, -0.15) is 0 Å². The Labute approximate surface area is 238 Å². The lowest BCUT2D eigenvalue weighted by Crippen LogP contribution is -2.54. The van der Waals surface area contributed by atoms with Crippen molar-refractivity contribution in [2.45, 2.75) is 44.5 Å². The first kappa shape index (κ1) is 27.6. The molecule has 1 aliphatic rings. The molecule has 1 saturated heterocycles. The highest BCUT2D eigenvalue weighted by Gasteiger charge is 2.37. The SMILES string of the molecule is Nc1nccc2ccc(CNC(=O)[C@@H]3CCCN3C(=O)[C@@H](Cc3ccccc3)NC(=O)OCc3ccccc3)cc12. The van der Waals surface area contributed by atoms with Gasteiger partial charge < -0.3 is 26.0 Å². The van der Waals surface area contributed by atoms with E-state index in [4.69, 9.17) is 10.5 Å². The summed E-state index contributed by atoms with van der Waals surface area (Å²) in [6.45, 7) is 0.810. The van der Waals surface area contributed by atoms with Crippen LogP contribution in [0.2, 0.25) is 0 Å². The van der Waals surface area contributed by atoms with E-state index in [1.54, 1.807) is 11.1 Å². The highest BCUT2D eigenvalue weighted by molar-refractivity contribution is 5.93. The minimum Gasteiger partial charge on any atom is -0.445 e. The molecule has 0 radical (unpaired) electrons. The van der Waals surface area contributed by atoms with Crippen molar-refractivity contribution in [3.8, 4) is 0 Å². The van der Waals surface area contributed by atoms with E-state index in [1.807, 2.05) is 84.9 Å². The van der Waals surface area contributed by atoms with Crippen LogP contribution in [0.1, 0.15) is 29.5 Å². The molecule has 3 amide bonds. The molecule has 9 nitrogen and oxygen atoms in total. The summed E-state index contributed by atoms with van der Waals surface area (Å²) in [5.74, 6) is -0.115. The van der Waals surface area contributed by atoms with Gasteiger partial charge in [0.05, 0.1) is 0 Å². The number of nitrogens with two attached hydrogens (primary N) is 1. The van der Waals surface area contributed by atoms with Crippen molar-refractivity contribution in [1.82, 2.24) is 20.5 Å². The molecule has 2 heterocycles. The molecule has 41 heavy (non-hydrogen) atoms. The molecule has 0 unspecified atom stereocenters. The first-order valence-corrected chi connectivity index (χ1v) is 13.7. The average molecular weight is 552 g/mol. The highest BCUT2D eigenvalue weighted by Crippen LogP contribution is 2.22. The summed E-state index contributed by atoms with van der Waals surface area (Å²) in [7, 11) is 0. The number of nitrogen functional groups attached to an aromatic ring is 1. The molecule has 0 aliphatic carbocycles. The van der Waals surface area contributed by atoms with Gasteiger partial charge in [-0.25, -0.2) is 9.78 Å². The number of hydrogen-bond acceptors (Lipinski definition) is 6. The van der Waals surface area contributed by atoms with Crippen LogP contribution < -0.4 is 16.4 Å². The first-order chi connectivity index (χ1) is 20.0. The second-order valence-electron chi connectivity index (χ2n) is 10.1. The number of nitrogens with zero attached hydrogens (tertiary/aromatic N) is 2. The van der Waals surface area contributed by atoms with Crippen molar-refractivity contribution in [2.24, 2.45) is 0 Å². The number of likely N-dealkylation sites (tertiary alicyclic amines) is 1. The lowest BCUT2D eigenvalue weighted by Gasteiger charge is -2.28. The molecule has 0 spiro atoms. The van der Waals surface area contributed by atoms with E-state index in [0.29, 0.717) is 31.7 Å². The lowest BCUT2D eigenvalue weighted by atomic mass is 10.0. The Hall–Kier alpha value is -4.92. The number of rotatable bonds is 9. The zero-order valence-corrected chi connectivity index (χ0v) is 22.7. The second kappa shape index (κ2) is 13.0. The van der Waals surface area contributed by atoms with Gasteiger partial charge >= 0.3 is 6.09 Å². The summed E-state index contributed by atoms with van der Waals surface area (Å²) in [6.07, 6.45) is 2.49. The van der Waals surface area contributed by atoms with Crippen LogP contribution in [0.15, 0.2) is 91.1 Å². The zero-order valence-electron chi connectivity index (χ0n) is 22.7. The van der Waals surface area contributed by atoms with Crippen molar-refractivity contribution in [2.75, 3.05) is 12.3 Å². The molecule has 210 valence electrons. The van der Waals surface area contributed by atoms with Crippen molar-refractivity contribution in [1.29, 1.82) is 0 Å². The van der Waals surface area contributed by atoms with E-state index in [1.165, 1.54) is 0 Å². The second-order valence-corrected chi connectivity index (χ2v) is 10.1. The lowest BCUT2D eigenvalue weighted by molar-refractivity contribution is -0.140. The van der Waals surface area contributed by atoms with E-state index in [-0.39, 0.29) is 24.8 Å². The number of anilines is 1. The number of ether oxygens (including phenoxy) is 1. The molecule has 4 aromatic rings. The number of amides is 3. The van der Waals surface area contributed by atoms with Gasteiger partial charge in [-0.15, -0.1) is 0 Å². The fourth-order valence-electron chi connectivity index (χ4n) is 5.12. The van der Waals surface area contributed by atoms with Gasteiger partial charge in [-0.05, 0) is 47.1 Å². The first-order valence-electron chi connectivity index (χ1n) is 13.7. The maximum absolute atomic E-state index is 13.8. The average Bonchev–Trinajstić information content (AvgIpc) is 3.50. The van der Waals surface area contributed by atoms with E-state index >= 15 is 0 Å². The van der Waals surface area contributed by atoms with E-state index in [0.717, 1.165) is 27.5 Å². The summed E-state index contributed by atoms with van der Waals surface area (Å²) in [5.41, 5.74) is 8.63. The Morgan fingerprint density at radius 3 is 2.44 bits per heavy atom. The molecule has 1 aromatic heterocycles. The molecule has 0 bridgehead atoms. The summed E-state index contributed by atoms with van der Waals surface area (Å²) in [4.78, 5) is 45.5. The number of benzene rings is 3. The number of pyridine rings is 1. The van der Waals surface area contributed by atoms with Crippen LogP contribution in [0.5, 0.6) is 0 Å². The summed E-state index contributed by atoms with van der Waals surface area (Å²) in [6, 6.07) is 24.9. The van der Waals surface area contributed by atoms with Gasteiger partial charge in [-0.1, -0.05) is 72.8 Å². The van der Waals surface area contributed by atoms with Gasteiger partial charge in [0, 0.05) is 31.1 Å². The quantitative estimate of drug-likeness (QED) is 0.289. The zero-order chi connectivity index (χ0) is 28.6. The van der Waals surface area contributed by atoms with Crippen LogP contribution in [0.4, 0.5) is 10.6 Å². The Morgan fingerprint density at radius 1 is 0.951 bits per heavy atom. The highest BCUT2D eigenvalue weighted by atomic mass is 16.5. The third-order valence-electron chi connectivity index (χ3n) is 7.25. The van der Waals surface area contributed by atoms with E-state index in [9.17, 15) is 14.4 Å². The maximum Gasteiger partial charge on any atom is 0.408 e. The number of carbonyl (C=O) groups is 3. The van der Waals surface area contributed by atoms with Crippen molar-refractivity contribution in [3.63, 3.8) is 0 Å². The fraction of sp³-hybridized carbons (Fsp3) is 0.250. The van der Waals surface area contributed by atoms with Crippen LogP contribution in [0, 0.1) is 0 Å². The number of fused-ring (bicyclic) bond motifs is 1. The predicted octanol–water partition coefficient (Wildman–Crippen LogP) is 3.96. The molecule has 9 heteroatoms. The van der Waals surface area contributed by atoms with Crippen molar-refractivity contribution in [3.05, 3.63) is 108 Å². The van der Waals surface area contributed by atoms with Crippen molar-refractivity contribution < 1.29 is 19.1 Å². The fourth-order valence-corrected chi connectivity index (χ4v) is 5.12. The van der Waals surface area contributed by atoms with Gasteiger partial charge in [0.1, 0.15) is 24.5 Å². The van der Waals surface area contributed by atoms with Crippen molar-refractivity contribution >= 4 is 34.5 Å². The molecular weight excluding hydrogens is 518 g/mol. The molecule has 2 atom stereocenters. The molecular formula is C32H33N5O4. The minimum atomic E-state index is -0.884. The van der Waals surface area contributed by atoms with E-state index < -0.39 is 18.2 Å². The number of nitrogens with one attached hydrogen (secondary N) is 2. The smallest absolute Gasteiger partial charge is 0.408 e. The van der Waals surface area contributed by atoms with Gasteiger partial charge in [0.2, 0.25) is 11.8 Å². The Balaban J connectivity index is 1.25. The van der Waals surface area contributed by atoms with Crippen LogP contribution in [0.25, 0.3) is 10.8 Å². The number of carbonyl (C=O) groups excluding carboxylic acids is 3. The molecule has 5 rings (SSSR count). The number of hydrogen-bond donors (Lipinski definition) is 3.